The Kier molecular flexibility index (Phi) is 4.40. The summed E-state index contributed by atoms with van der Waals surface area (Å²) in [6, 6.07) is 9.81. The molecular formula is C19H14N2O3S2. The Morgan fingerprint density at radius 2 is 1.81 bits per heavy atom. The predicted molar refractivity (Wildman–Crippen MR) is 104 cm³/mol. The van der Waals surface area contributed by atoms with Crippen LogP contribution in [0.15, 0.2) is 47.3 Å². The first-order valence-electron chi connectivity index (χ1n) is 7.76. The number of ether oxygens (including phenoxy) is 2. The molecule has 0 saturated carbocycles. The number of hydrogen-bond donors (Lipinski definition) is 0. The molecule has 0 atom stereocenters. The van der Waals surface area contributed by atoms with Crippen LogP contribution >= 0.6 is 22.7 Å². The zero-order chi connectivity index (χ0) is 18.1. The second kappa shape index (κ2) is 6.86. The molecule has 130 valence electrons. The number of rotatable bonds is 4. The van der Waals surface area contributed by atoms with Crippen LogP contribution in [0, 0.1) is 0 Å². The Bertz CT molecular complexity index is 1070. The molecule has 5 nitrogen and oxygen atoms in total. The summed E-state index contributed by atoms with van der Waals surface area (Å²) in [7, 11) is 2.89. The van der Waals surface area contributed by atoms with Gasteiger partial charge in [0.1, 0.15) is 16.8 Å². The van der Waals surface area contributed by atoms with Gasteiger partial charge in [-0.15, -0.1) is 22.7 Å². The molecular weight excluding hydrogens is 368 g/mol. The van der Waals surface area contributed by atoms with Crippen molar-refractivity contribution in [2.24, 2.45) is 0 Å². The Hall–Kier alpha value is -2.77. The average molecular weight is 382 g/mol. The highest BCUT2D eigenvalue weighted by Gasteiger charge is 2.24. The van der Waals surface area contributed by atoms with Gasteiger partial charge in [-0.25, -0.2) is 9.78 Å². The molecule has 26 heavy (non-hydrogen) atoms. The minimum Gasteiger partial charge on any atom is -0.495 e. The van der Waals surface area contributed by atoms with E-state index >= 15 is 0 Å². The molecule has 0 fully saturated rings. The second-order valence-electron chi connectivity index (χ2n) is 5.40. The molecule has 4 rings (SSSR count). The number of hydrogen-bond acceptors (Lipinski definition) is 7. The van der Waals surface area contributed by atoms with Crippen LogP contribution in [0.3, 0.4) is 0 Å². The molecule has 1 aromatic carbocycles. The van der Waals surface area contributed by atoms with Crippen molar-refractivity contribution < 1.29 is 14.3 Å². The Morgan fingerprint density at radius 3 is 2.42 bits per heavy atom. The third kappa shape index (κ3) is 2.75. The molecule has 0 unspecified atom stereocenters. The van der Waals surface area contributed by atoms with Gasteiger partial charge in [0.2, 0.25) is 0 Å². The fourth-order valence-electron chi connectivity index (χ4n) is 2.80. The van der Waals surface area contributed by atoms with E-state index < -0.39 is 5.97 Å². The Balaban J connectivity index is 2.05. The van der Waals surface area contributed by atoms with Gasteiger partial charge in [0.05, 0.1) is 36.5 Å². The largest absolute Gasteiger partial charge is 0.495 e. The van der Waals surface area contributed by atoms with Crippen molar-refractivity contribution in [1.29, 1.82) is 0 Å². The molecule has 0 aliphatic heterocycles. The van der Waals surface area contributed by atoms with Gasteiger partial charge in [0, 0.05) is 10.4 Å². The number of methoxy groups -OCH3 is 2. The maximum Gasteiger partial charge on any atom is 0.343 e. The number of fused-ring (bicyclic) bond motifs is 1. The quantitative estimate of drug-likeness (QED) is 0.471. The molecule has 3 heterocycles. The van der Waals surface area contributed by atoms with Gasteiger partial charge in [-0.1, -0.05) is 12.1 Å². The Morgan fingerprint density at radius 1 is 1.08 bits per heavy atom. The van der Waals surface area contributed by atoms with E-state index in [2.05, 4.69) is 4.98 Å². The summed E-state index contributed by atoms with van der Waals surface area (Å²) in [5.74, 6) is -0.0478. The molecule has 0 aliphatic carbocycles. The van der Waals surface area contributed by atoms with Crippen LogP contribution in [-0.4, -0.2) is 30.2 Å². The number of aromatic nitrogens is 2. The standard InChI is InChI=1S/C19H14N2O3S2/c1-23-18-11(14-5-3-7-25-14)9-12-17(16(18)19(22)24-2)20-10-13(21-12)15-6-4-8-26-15/h3-10H,1-2H3. The summed E-state index contributed by atoms with van der Waals surface area (Å²) < 4.78 is 10.6. The number of carbonyl (C=O) groups excluding carboxylic acids is 1. The summed E-state index contributed by atoms with van der Waals surface area (Å²) in [6.45, 7) is 0. The van der Waals surface area contributed by atoms with Crippen molar-refractivity contribution in [1.82, 2.24) is 9.97 Å². The van der Waals surface area contributed by atoms with Crippen LogP contribution in [0.25, 0.3) is 32.0 Å². The number of thiophene rings is 2. The van der Waals surface area contributed by atoms with Crippen LogP contribution < -0.4 is 4.74 Å². The smallest absolute Gasteiger partial charge is 0.343 e. The maximum absolute atomic E-state index is 12.5. The maximum atomic E-state index is 12.5. The summed E-state index contributed by atoms with van der Waals surface area (Å²) in [5.41, 5.74) is 2.95. The van der Waals surface area contributed by atoms with Crippen LogP contribution in [0.1, 0.15) is 10.4 Å². The highest BCUT2D eigenvalue weighted by atomic mass is 32.1. The van der Waals surface area contributed by atoms with E-state index in [1.807, 2.05) is 41.1 Å². The molecule has 0 spiro atoms. The topological polar surface area (TPSA) is 61.3 Å². The highest BCUT2D eigenvalue weighted by molar-refractivity contribution is 7.13. The normalized spacial score (nSPS) is 10.8. The van der Waals surface area contributed by atoms with Crippen LogP contribution in [0.4, 0.5) is 0 Å². The lowest BCUT2D eigenvalue weighted by Crippen LogP contribution is -2.08. The zero-order valence-electron chi connectivity index (χ0n) is 14.1. The molecule has 0 amide bonds. The van der Waals surface area contributed by atoms with Gasteiger partial charge >= 0.3 is 5.97 Å². The molecule has 0 N–H and O–H groups in total. The third-order valence-electron chi connectivity index (χ3n) is 3.94. The third-order valence-corrected chi connectivity index (χ3v) is 5.74. The van der Waals surface area contributed by atoms with E-state index in [0.29, 0.717) is 22.3 Å². The van der Waals surface area contributed by atoms with E-state index in [-0.39, 0.29) is 0 Å². The molecule has 0 radical (unpaired) electrons. The lowest BCUT2D eigenvalue weighted by atomic mass is 10.0. The first-order valence-corrected chi connectivity index (χ1v) is 9.52. The lowest BCUT2D eigenvalue weighted by molar-refractivity contribution is 0.0599. The predicted octanol–water partition coefficient (Wildman–Crippen LogP) is 4.88. The minimum atomic E-state index is -0.497. The summed E-state index contributed by atoms with van der Waals surface area (Å²) in [5, 5.41) is 3.97. The van der Waals surface area contributed by atoms with Crippen molar-refractivity contribution in [3.63, 3.8) is 0 Å². The molecule has 4 aromatic rings. The fourth-order valence-corrected chi connectivity index (χ4v) is 4.22. The second-order valence-corrected chi connectivity index (χ2v) is 7.30. The van der Waals surface area contributed by atoms with Crippen LogP contribution in [0.2, 0.25) is 0 Å². The number of esters is 1. The van der Waals surface area contributed by atoms with Crippen LogP contribution in [-0.2, 0) is 4.74 Å². The van der Waals surface area contributed by atoms with E-state index in [9.17, 15) is 4.79 Å². The lowest BCUT2D eigenvalue weighted by Gasteiger charge is -2.14. The van der Waals surface area contributed by atoms with Crippen molar-refractivity contribution in [2.75, 3.05) is 14.2 Å². The van der Waals surface area contributed by atoms with Gasteiger partial charge < -0.3 is 9.47 Å². The SMILES string of the molecule is COC(=O)c1c(OC)c(-c2cccs2)cc2nc(-c3cccs3)cnc12. The van der Waals surface area contributed by atoms with Gasteiger partial charge in [0.15, 0.2) is 0 Å². The summed E-state index contributed by atoms with van der Waals surface area (Å²) in [6.07, 6.45) is 1.67. The van der Waals surface area contributed by atoms with E-state index in [4.69, 9.17) is 14.5 Å². The molecule has 3 aromatic heterocycles. The van der Waals surface area contributed by atoms with Crippen molar-refractivity contribution in [3.05, 3.63) is 52.9 Å². The van der Waals surface area contributed by atoms with Gasteiger partial charge in [-0.2, -0.15) is 0 Å². The van der Waals surface area contributed by atoms with E-state index in [1.54, 1.807) is 28.9 Å². The van der Waals surface area contributed by atoms with Crippen molar-refractivity contribution in [3.8, 4) is 26.8 Å². The van der Waals surface area contributed by atoms with Crippen molar-refractivity contribution >= 4 is 39.7 Å². The fraction of sp³-hybridized carbons (Fsp3) is 0.105. The molecule has 0 aliphatic rings. The monoisotopic (exact) mass is 382 g/mol. The minimum absolute atomic E-state index is 0.293. The van der Waals surface area contributed by atoms with Crippen molar-refractivity contribution in [2.45, 2.75) is 0 Å². The van der Waals surface area contributed by atoms with Gasteiger partial charge in [0.25, 0.3) is 0 Å². The van der Waals surface area contributed by atoms with Crippen LogP contribution in [0.5, 0.6) is 5.75 Å². The van der Waals surface area contributed by atoms with Gasteiger partial charge in [-0.05, 0) is 29.0 Å². The first-order chi connectivity index (χ1) is 12.7. The van der Waals surface area contributed by atoms with E-state index in [1.165, 1.54) is 14.2 Å². The van der Waals surface area contributed by atoms with Gasteiger partial charge in [-0.3, -0.25) is 4.98 Å². The molecule has 0 saturated heterocycles. The Labute approximate surface area is 157 Å². The number of nitrogens with zero attached hydrogens (tertiary/aromatic N) is 2. The molecule has 7 heteroatoms. The van der Waals surface area contributed by atoms with E-state index in [0.717, 1.165) is 21.0 Å². The number of carbonyl (C=O) groups is 1. The molecule has 0 bridgehead atoms. The summed E-state index contributed by atoms with van der Waals surface area (Å²) >= 11 is 3.16. The zero-order valence-corrected chi connectivity index (χ0v) is 15.7. The average Bonchev–Trinajstić information content (AvgIpc) is 3.39. The highest BCUT2D eigenvalue weighted by Crippen LogP contribution is 2.40. The summed E-state index contributed by atoms with van der Waals surface area (Å²) in [4.78, 5) is 23.7. The number of benzene rings is 1. The first kappa shape index (κ1) is 16.7.